The van der Waals surface area contributed by atoms with Crippen molar-refractivity contribution in [3.8, 4) is 5.75 Å². The molecule has 1 aliphatic rings. The van der Waals surface area contributed by atoms with Gasteiger partial charge in [-0.2, -0.15) is 13.2 Å². The van der Waals surface area contributed by atoms with E-state index in [4.69, 9.17) is 27.9 Å². The molecule has 2 aromatic carbocycles. The van der Waals surface area contributed by atoms with Gasteiger partial charge in [0.15, 0.2) is 0 Å². The molecule has 216 valence electrons. The van der Waals surface area contributed by atoms with Gasteiger partial charge >= 0.3 is 6.18 Å². The molecule has 0 atom stereocenters. The number of carbonyl (C=O) groups is 2. The van der Waals surface area contributed by atoms with Gasteiger partial charge in [0.2, 0.25) is 11.9 Å². The highest BCUT2D eigenvalue weighted by molar-refractivity contribution is 6.39. The predicted molar refractivity (Wildman–Crippen MR) is 140 cm³/mol. The van der Waals surface area contributed by atoms with Crippen LogP contribution in [-0.4, -0.2) is 47.1 Å². The van der Waals surface area contributed by atoms with Crippen LogP contribution < -0.4 is 20.7 Å². The summed E-state index contributed by atoms with van der Waals surface area (Å²) in [5.74, 6) is -1.41. The number of anilines is 2. The number of aryl methyl sites for hydroxylation is 1. The van der Waals surface area contributed by atoms with Gasteiger partial charge < -0.3 is 25.3 Å². The van der Waals surface area contributed by atoms with Crippen LogP contribution >= 0.6 is 23.2 Å². The Morgan fingerprint density at radius 2 is 1.90 bits per heavy atom. The first-order chi connectivity index (χ1) is 18.8. The van der Waals surface area contributed by atoms with E-state index in [0.717, 1.165) is 25.3 Å². The van der Waals surface area contributed by atoms with Crippen LogP contribution in [0.2, 0.25) is 10.0 Å². The maximum absolute atomic E-state index is 12.8. The summed E-state index contributed by atoms with van der Waals surface area (Å²) in [4.78, 5) is 29.1. The van der Waals surface area contributed by atoms with Gasteiger partial charge in [-0.1, -0.05) is 35.7 Å². The summed E-state index contributed by atoms with van der Waals surface area (Å²) in [5, 5.41) is 8.02. The fourth-order valence-corrected chi connectivity index (χ4v) is 4.54. The number of hydrogen-bond donors (Lipinski definition) is 3. The molecule has 1 fully saturated rings. The Hall–Kier alpha value is -3.32. The van der Waals surface area contributed by atoms with Gasteiger partial charge in [0.05, 0.1) is 32.3 Å². The number of ether oxygens (including phenoxy) is 1. The highest BCUT2D eigenvalue weighted by Crippen LogP contribution is 2.37. The van der Waals surface area contributed by atoms with Crippen molar-refractivity contribution in [1.29, 1.82) is 0 Å². The number of nitrogens with zero attached hydrogens (tertiary/aromatic N) is 2. The highest BCUT2D eigenvalue weighted by Gasteiger charge is 2.29. The highest BCUT2D eigenvalue weighted by atomic mass is 35.5. The Balaban J connectivity index is 1.63. The minimum atomic E-state index is -4.68. The number of nitrogens with one attached hydrogen (secondary N) is 3. The van der Waals surface area contributed by atoms with E-state index in [1.165, 1.54) is 10.6 Å². The number of alkyl halides is 5. The third kappa shape index (κ3) is 6.87. The molecule has 8 nitrogen and oxygen atoms in total. The molecule has 1 aliphatic carbocycles. The van der Waals surface area contributed by atoms with Crippen molar-refractivity contribution in [2.75, 3.05) is 18.5 Å². The average molecular weight is 608 g/mol. The molecule has 1 saturated carbocycles. The molecule has 4 rings (SSSR count). The molecule has 3 aromatic rings. The van der Waals surface area contributed by atoms with Crippen molar-refractivity contribution in [1.82, 2.24) is 20.2 Å². The van der Waals surface area contributed by atoms with Crippen molar-refractivity contribution in [2.45, 2.75) is 38.4 Å². The maximum atomic E-state index is 12.8. The molecule has 0 unspecified atom stereocenters. The van der Waals surface area contributed by atoms with Gasteiger partial charge in [0.25, 0.3) is 12.3 Å². The van der Waals surface area contributed by atoms with E-state index in [1.54, 1.807) is 24.5 Å². The summed E-state index contributed by atoms with van der Waals surface area (Å²) in [6.07, 6.45) is -4.86. The van der Waals surface area contributed by atoms with Crippen molar-refractivity contribution in [3.05, 3.63) is 45.4 Å². The first-order valence-corrected chi connectivity index (χ1v) is 12.9. The van der Waals surface area contributed by atoms with Crippen LogP contribution in [0, 0.1) is 5.92 Å². The molecule has 3 N–H and O–H groups in total. The van der Waals surface area contributed by atoms with Gasteiger partial charge in [-0.15, -0.1) is 0 Å². The second-order valence-electron chi connectivity index (χ2n) is 9.20. The number of rotatable bonds is 10. The van der Waals surface area contributed by atoms with Crippen LogP contribution in [0.25, 0.3) is 11.0 Å². The normalized spacial score (nSPS) is 13.8. The number of aromatic nitrogens is 2. The number of halogens is 7. The molecule has 0 spiro atoms. The van der Waals surface area contributed by atoms with E-state index >= 15 is 0 Å². The van der Waals surface area contributed by atoms with E-state index in [1.807, 2.05) is 0 Å². The van der Waals surface area contributed by atoms with Crippen LogP contribution in [0.4, 0.5) is 33.6 Å². The van der Waals surface area contributed by atoms with Crippen LogP contribution in [-0.2, 0) is 18.4 Å². The summed E-state index contributed by atoms with van der Waals surface area (Å²) in [5.41, 5.74) is 0.932. The van der Waals surface area contributed by atoms with Gasteiger partial charge in [0.1, 0.15) is 18.9 Å². The molecule has 0 saturated heterocycles. The summed E-state index contributed by atoms with van der Waals surface area (Å²) >= 11 is 13.0. The summed E-state index contributed by atoms with van der Waals surface area (Å²) in [6.45, 7) is -2.53. The van der Waals surface area contributed by atoms with E-state index in [-0.39, 0.29) is 51.3 Å². The predicted octanol–water partition coefficient (Wildman–Crippen LogP) is 5.98. The van der Waals surface area contributed by atoms with Gasteiger partial charge in [0, 0.05) is 25.6 Å². The average Bonchev–Trinajstić information content (AvgIpc) is 3.15. The number of imidazole rings is 1. The third-order valence-corrected chi connectivity index (χ3v) is 7.12. The van der Waals surface area contributed by atoms with Gasteiger partial charge in [-0.05, 0) is 30.5 Å². The smallest absolute Gasteiger partial charge is 0.405 e. The first-order valence-electron chi connectivity index (χ1n) is 12.1. The lowest BCUT2D eigenvalue weighted by Crippen LogP contribution is -2.34. The minimum absolute atomic E-state index is 0.00123. The number of benzene rings is 2. The fraction of sp³-hybridized carbons (Fsp3) is 0.400. The molecule has 0 bridgehead atoms. The molecular weight excluding hydrogens is 584 g/mol. The molecule has 2 amide bonds. The lowest BCUT2D eigenvalue weighted by molar-refractivity contribution is -0.127. The number of fused-ring (bicyclic) bond motifs is 1. The summed E-state index contributed by atoms with van der Waals surface area (Å²) in [7, 11) is 1.57. The zero-order chi connectivity index (χ0) is 29.2. The molecule has 0 radical (unpaired) electrons. The molecule has 1 aromatic heterocycles. The quantitative estimate of drug-likeness (QED) is 0.247. The van der Waals surface area contributed by atoms with E-state index < -0.39 is 37.2 Å². The third-order valence-electron chi connectivity index (χ3n) is 6.38. The SMILES string of the molecule is Cn1c(Nc2c(Cl)ccc(CNC(=O)C3CCC3)c2Cl)nc2cc(C(=O)NCC(F)(F)F)c(OCC(F)F)cc21. The second kappa shape index (κ2) is 12.0. The van der Waals surface area contributed by atoms with Gasteiger partial charge in [-0.3, -0.25) is 9.59 Å². The number of amides is 2. The standard InChI is InChI=1S/C25H24Cl2F5N5O3/c1-37-17-8-18(40-10-19(28)29)14(23(39)34-11-25(30,31)32)7-16(17)35-24(37)36-21-15(26)6-5-13(20(21)27)9-33-22(38)12-3-2-4-12/h5-8,12,19H,2-4,9-11H2,1H3,(H,33,38)(H,34,39)(H,35,36). The van der Waals surface area contributed by atoms with Crippen LogP contribution in [0.1, 0.15) is 35.2 Å². The van der Waals surface area contributed by atoms with Crippen molar-refractivity contribution < 1.29 is 36.3 Å². The van der Waals surface area contributed by atoms with Crippen LogP contribution in [0.3, 0.4) is 0 Å². The monoisotopic (exact) mass is 607 g/mol. The molecular formula is C25H24Cl2F5N5O3. The Morgan fingerprint density at radius 1 is 1.18 bits per heavy atom. The minimum Gasteiger partial charge on any atom is -0.487 e. The van der Waals surface area contributed by atoms with Gasteiger partial charge in [-0.25, -0.2) is 13.8 Å². The Kier molecular flexibility index (Phi) is 8.93. The van der Waals surface area contributed by atoms with E-state index in [9.17, 15) is 31.5 Å². The maximum Gasteiger partial charge on any atom is 0.405 e. The largest absolute Gasteiger partial charge is 0.487 e. The molecule has 15 heteroatoms. The van der Waals surface area contributed by atoms with Crippen molar-refractivity contribution in [3.63, 3.8) is 0 Å². The zero-order valence-corrected chi connectivity index (χ0v) is 22.5. The lowest BCUT2D eigenvalue weighted by atomic mass is 9.85. The molecule has 1 heterocycles. The van der Waals surface area contributed by atoms with E-state index in [2.05, 4.69) is 15.6 Å². The first kappa shape index (κ1) is 29.7. The van der Waals surface area contributed by atoms with Crippen LogP contribution in [0.5, 0.6) is 5.75 Å². The molecule has 0 aliphatic heterocycles. The molecule has 40 heavy (non-hydrogen) atoms. The fourth-order valence-electron chi connectivity index (χ4n) is 4.01. The summed E-state index contributed by atoms with van der Waals surface area (Å²) in [6, 6.07) is 5.63. The Morgan fingerprint density at radius 3 is 2.52 bits per heavy atom. The summed E-state index contributed by atoms with van der Waals surface area (Å²) < 4.78 is 70.1. The Labute approximate surface area is 235 Å². The van der Waals surface area contributed by atoms with Crippen molar-refractivity contribution >= 4 is 57.7 Å². The Bertz CT molecular complexity index is 1430. The zero-order valence-electron chi connectivity index (χ0n) is 21.0. The number of carbonyl (C=O) groups excluding carboxylic acids is 2. The topological polar surface area (TPSA) is 97.3 Å². The van der Waals surface area contributed by atoms with Crippen LogP contribution in [0.15, 0.2) is 24.3 Å². The lowest BCUT2D eigenvalue weighted by Gasteiger charge is -2.24. The van der Waals surface area contributed by atoms with E-state index in [0.29, 0.717) is 11.1 Å². The van der Waals surface area contributed by atoms with Crippen molar-refractivity contribution in [2.24, 2.45) is 13.0 Å². The number of hydrogen-bond acceptors (Lipinski definition) is 5. The second-order valence-corrected chi connectivity index (χ2v) is 9.98.